The van der Waals surface area contributed by atoms with Crippen LogP contribution < -0.4 is 0 Å². The Kier molecular flexibility index (Phi) is 4.79. The molecule has 2 heteroatoms. The van der Waals surface area contributed by atoms with Gasteiger partial charge in [-0.25, -0.2) is 0 Å². The highest BCUT2D eigenvalue weighted by Crippen LogP contribution is 2.71. The van der Waals surface area contributed by atoms with Gasteiger partial charge in [0.05, 0.1) is 5.41 Å². The van der Waals surface area contributed by atoms with Gasteiger partial charge in [-0.2, -0.15) is 0 Å². The molecule has 0 radical (unpaired) electrons. The molecule has 1 saturated carbocycles. The molecule has 136 valence electrons. The molecule has 0 spiro atoms. The Morgan fingerprint density at radius 1 is 1.00 bits per heavy atom. The van der Waals surface area contributed by atoms with Crippen molar-refractivity contribution in [2.45, 2.75) is 40.5 Å². The minimum absolute atomic E-state index is 0.0790. The summed E-state index contributed by atoms with van der Waals surface area (Å²) in [5.74, 6) is -0.603. The van der Waals surface area contributed by atoms with Crippen LogP contribution in [0.25, 0.3) is 0 Å². The van der Waals surface area contributed by atoms with Crippen molar-refractivity contribution >= 4 is 5.97 Å². The van der Waals surface area contributed by atoms with Crippen LogP contribution >= 0.6 is 0 Å². The summed E-state index contributed by atoms with van der Waals surface area (Å²) in [7, 11) is 0. The monoisotopic (exact) mass is 348 g/mol. The smallest absolute Gasteiger partial charge is 0.311 e. The zero-order chi connectivity index (χ0) is 18.9. The summed E-state index contributed by atoms with van der Waals surface area (Å²) >= 11 is 0. The molecular formula is C24H28O2. The molecule has 0 bridgehead atoms. The second kappa shape index (κ2) is 6.75. The fraction of sp³-hybridized carbons (Fsp3) is 0.375. The first-order valence-corrected chi connectivity index (χ1v) is 9.27. The summed E-state index contributed by atoms with van der Waals surface area (Å²) in [5, 5.41) is 10.1. The molecule has 26 heavy (non-hydrogen) atoms. The standard InChI is InChI=1S/C24H28O2/c1-17(2)13-21-23(3,4)24(21,22(25)26)16-20-12-8-11-19(15-20)14-18-9-6-5-7-10-18/h5-13,15,21H,14,16H2,1-4H3,(H,25,26). The molecule has 0 aliphatic heterocycles. The zero-order valence-corrected chi connectivity index (χ0v) is 16.1. The van der Waals surface area contributed by atoms with Crippen molar-refractivity contribution in [3.63, 3.8) is 0 Å². The quantitative estimate of drug-likeness (QED) is 0.699. The van der Waals surface area contributed by atoms with Gasteiger partial charge in [0.1, 0.15) is 0 Å². The molecule has 0 saturated heterocycles. The first kappa shape index (κ1) is 18.4. The lowest BCUT2D eigenvalue weighted by Gasteiger charge is -2.16. The highest BCUT2D eigenvalue weighted by atomic mass is 16.4. The highest BCUT2D eigenvalue weighted by Gasteiger charge is 2.74. The number of aliphatic carboxylic acids is 1. The zero-order valence-electron chi connectivity index (χ0n) is 16.1. The van der Waals surface area contributed by atoms with E-state index in [4.69, 9.17) is 0 Å². The number of hydrogen-bond acceptors (Lipinski definition) is 1. The number of allylic oxidation sites excluding steroid dienone is 2. The number of rotatable bonds is 6. The maximum absolute atomic E-state index is 12.2. The Morgan fingerprint density at radius 2 is 1.62 bits per heavy atom. The summed E-state index contributed by atoms with van der Waals surface area (Å²) in [6.07, 6.45) is 3.59. The molecule has 2 nitrogen and oxygen atoms in total. The van der Waals surface area contributed by atoms with Gasteiger partial charge in [-0.05, 0) is 48.8 Å². The van der Waals surface area contributed by atoms with E-state index in [1.807, 2.05) is 19.9 Å². The average Bonchev–Trinajstić information content (AvgIpc) is 3.03. The van der Waals surface area contributed by atoms with Crippen molar-refractivity contribution in [1.29, 1.82) is 0 Å². The molecular weight excluding hydrogens is 320 g/mol. The Labute approximate surface area is 156 Å². The van der Waals surface area contributed by atoms with Gasteiger partial charge in [-0.1, -0.05) is 80.1 Å². The van der Waals surface area contributed by atoms with Crippen molar-refractivity contribution < 1.29 is 9.90 Å². The first-order chi connectivity index (χ1) is 12.3. The van der Waals surface area contributed by atoms with Crippen LogP contribution in [0.15, 0.2) is 66.2 Å². The maximum atomic E-state index is 12.2. The average molecular weight is 348 g/mol. The van der Waals surface area contributed by atoms with Crippen molar-refractivity contribution in [2.75, 3.05) is 0 Å². The largest absolute Gasteiger partial charge is 0.481 e. The molecule has 2 unspecified atom stereocenters. The Balaban J connectivity index is 1.87. The fourth-order valence-electron chi connectivity index (χ4n) is 4.40. The minimum Gasteiger partial charge on any atom is -0.481 e. The van der Waals surface area contributed by atoms with Crippen molar-refractivity contribution in [3.05, 3.63) is 82.9 Å². The molecule has 2 aromatic rings. The summed E-state index contributed by atoms with van der Waals surface area (Å²) in [6, 6.07) is 18.8. The van der Waals surface area contributed by atoms with Gasteiger partial charge in [-0.15, -0.1) is 0 Å². The summed E-state index contributed by atoms with van der Waals surface area (Å²) in [6.45, 7) is 8.25. The van der Waals surface area contributed by atoms with E-state index in [1.165, 1.54) is 16.7 Å². The van der Waals surface area contributed by atoms with Crippen LogP contribution in [0.1, 0.15) is 44.4 Å². The minimum atomic E-state index is -0.713. The van der Waals surface area contributed by atoms with Crippen molar-refractivity contribution in [1.82, 2.24) is 0 Å². The van der Waals surface area contributed by atoms with E-state index in [0.29, 0.717) is 6.42 Å². The van der Waals surface area contributed by atoms with Crippen LogP contribution in [0.4, 0.5) is 0 Å². The molecule has 1 aliphatic rings. The highest BCUT2D eigenvalue weighted by molar-refractivity contribution is 5.82. The fourth-order valence-corrected chi connectivity index (χ4v) is 4.40. The second-order valence-corrected chi connectivity index (χ2v) is 8.38. The molecule has 0 heterocycles. The molecule has 1 N–H and O–H groups in total. The van der Waals surface area contributed by atoms with Gasteiger partial charge in [0, 0.05) is 5.92 Å². The third-order valence-electron chi connectivity index (χ3n) is 5.98. The molecule has 2 atom stereocenters. The van der Waals surface area contributed by atoms with Crippen LogP contribution in [0.3, 0.4) is 0 Å². The number of carboxylic acids is 1. The molecule has 1 aliphatic carbocycles. The Hall–Kier alpha value is -2.35. The number of benzene rings is 2. The number of carbonyl (C=O) groups is 1. The van der Waals surface area contributed by atoms with Crippen LogP contribution in [-0.4, -0.2) is 11.1 Å². The Morgan fingerprint density at radius 3 is 2.23 bits per heavy atom. The van der Waals surface area contributed by atoms with Crippen LogP contribution in [0.5, 0.6) is 0 Å². The normalized spacial score (nSPS) is 23.3. The Bertz CT molecular complexity index is 828. The van der Waals surface area contributed by atoms with Crippen molar-refractivity contribution in [3.8, 4) is 0 Å². The predicted octanol–water partition coefficient (Wildman–Crippen LogP) is 5.51. The molecule has 2 aromatic carbocycles. The van der Waals surface area contributed by atoms with E-state index in [2.05, 4.69) is 68.5 Å². The third-order valence-corrected chi connectivity index (χ3v) is 5.98. The third kappa shape index (κ3) is 3.21. The first-order valence-electron chi connectivity index (χ1n) is 9.27. The predicted molar refractivity (Wildman–Crippen MR) is 106 cm³/mol. The lowest BCUT2D eigenvalue weighted by atomic mass is 9.87. The second-order valence-electron chi connectivity index (χ2n) is 8.38. The van der Waals surface area contributed by atoms with Gasteiger partial charge in [0.25, 0.3) is 0 Å². The van der Waals surface area contributed by atoms with E-state index in [1.54, 1.807) is 0 Å². The lowest BCUT2D eigenvalue weighted by molar-refractivity contribution is -0.145. The van der Waals surface area contributed by atoms with E-state index in [9.17, 15) is 9.90 Å². The molecule has 1 fully saturated rings. The van der Waals surface area contributed by atoms with Crippen LogP contribution in [-0.2, 0) is 17.6 Å². The summed E-state index contributed by atoms with van der Waals surface area (Å²) in [5.41, 5.74) is 3.85. The summed E-state index contributed by atoms with van der Waals surface area (Å²) < 4.78 is 0. The van der Waals surface area contributed by atoms with Gasteiger partial charge >= 0.3 is 5.97 Å². The summed E-state index contributed by atoms with van der Waals surface area (Å²) in [4.78, 5) is 12.2. The van der Waals surface area contributed by atoms with Crippen LogP contribution in [0.2, 0.25) is 0 Å². The lowest BCUT2D eigenvalue weighted by Crippen LogP contribution is -2.24. The van der Waals surface area contributed by atoms with E-state index >= 15 is 0 Å². The van der Waals surface area contributed by atoms with E-state index < -0.39 is 11.4 Å². The van der Waals surface area contributed by atoms with Gasteiger partial charge in [-0.3, -0.25) is 4.79 Å². The number of carboxylic acid groups (broad SMARTS) is 1. The molecule has 3 rings (SSSR count). The SMILES string of the molecule is CC(C)=CC1C(C)(C)C1(Cc1cccc(Cc2ccccc2)c1)C(=O)O. The molecule has 0 amide bonds. The van der Waals surface area contributed by atoms with Gasteiger partial charge < -0.3 is 5.11 Å². The van der Waals surface area contributed by atoms with Gasteiger partial charge in [0.15, 0.2) is 0 Å². The maximum Gasteiger partial charge on any atom is 0.311 e. The topological polar surface area (TPSA) is 37.3 Å². The van der Waals surface area contributed by atoms with E-state index in [0.717, 1.165) is 12.0 Å². The molecule has 0 aromatic heterocycles. The van der Waals surface area contributed by atoms with E-state index in [-0.39, 0.29) is 11.3 Å². The van der Waals surface area contributed by atoms with Crippen molar-refractivity contribution in [2.24, 2.45) is 16.7 Å². The van der Waals surface area contributed by atoms with Crippen LogP contribution in [0, 0.1) is 16.7 Å². The number of hydrogen-bond donors (Lipinski definition) is 1. The van der Waals surface area contributed by atoms with Gasteiger partial charge in [0.2, 0.25) is 0 Å².